The predicted octanol–water partition coefficient (Wildman–Crippen LogP) is 1.49. The van der Waals surface area contributed by atoms with Crippen LogP contribution in [0.15, 0.2) is 4.99 Å². The van der Waals surface area contributed by atoms with Gasteiger partial charge in [-0.05, 0) is 26.2 Å². The molecule has 0 radical (unpaired) electrons. The SMILES string of the molecule is CCCCN=C(NCC)NCCNC(=O)C1CC1.I. The maximum Gasteiger partial charge on any atom is 0.223 e. The minimum atomic E-state index is 0. The molecule has 5 nitrogen and oxygen atoms in total. The van der Waals surface area contributed by atoms with Crippen molar-refractivity contribution in [1.29, 1.82) is 0 Å². The zero-order valence-corrected chi connectivity index (χ0v) is 14.3. The summed E-state index contributed by atoms with van der Waals surface area (Å²) in [5.74, 6) is 1.33. The molecule has 1 amide bonds. The highest BCUT2D eigenvalue weighted by atomic mass is 127. The lowest BCUT2D eigenvalue weighted by atomic mass is 10.3. The van der Waals surface area contributed by atoms with Crippen LogP contribution in [0.25, 0.3) is 0 Å². The minimum Gasteiger partial charge on any atom is -0.357 e. The van der Waals surface area contributed by atoms with Crippen LogP contribution in [0.5, 0.6) is 0 Å². The Kier molecular flexibility index (Phi) is 11.0. The summed E-state index contributed by atoms with van der Waals surface area (Å²) in [5.41, 5.74) is 0. The van der Waals surface area contributed by atoms with Crippen molar-refractivity contribution in [2.45, 2.75) is 39.5 Å². The van der Waals surface area contributed by atoms with E-state index in [9.17, 15) is 4.79 Å². The van der Waals surface area contributed by atoms with Crippen LogP contribution in [0.3, 0.4) is 0 Å². The van der Waals surface area contributed by atoms with Crippen LogP contribution < -0.4 is 16.0 Å². The Morgan fingerprint density at radius 2 is 1.84 bits per heavy atom. The van der Waals surface area contributed by atoms with Gasteiger partial charge in [-0.15, -0.1) is 24.0 Å². The van der Waals surface area contributed by atoms with Crippen LogP contribution in [-0.2, 0) is 4.79 Å². The molecular weight excluding hydrogens is 355 g/mol. The van der Waals surface area contributed by atoms with Gasteiger partial charge in [0.05, 0.1) is 0 Å². The smallest absolute Gasteiger partial charge is 0.223 e. The highest BCUT2D eigenvalue weighted by molar-refractivity contribution is 14.0. The van der Waals surface area contributed by atoms with Gasteiger partial charge in [-0.25, -0.2) is 0 Å². The summed E-state index contributed by atoms with van der Waals surface area (Å²) in [5, 5.41) is 9.33. The average Bonchev–Trinajstić information content (AvgIpc) is 3.18. The summed E-state index contributed by atoms with van der Waals surface area (Å²) in [4.78, 5) is 15.9. The number of halogens is 1. The molecule has 0 aromatic carbocycles. The van der Waals surface area contributed by atoms with Crippen molar-refractivity contribution < 1.29 is 4.79 Å². The summed E-state index contributed by atoms with van der Waals surface area (Å²) in [6, 6.07) is 0. The molecule has 6 heteroatoms. The van der Waals surface area contributed by atoms with Gasteiger partial charge in [0.1, 0.15) is 0 Å². The molecule has 1 rings (SSSR count). The molecule has 0 aromatic heterocycles. The number of nitrogens with zero attached hydrogens (tertiary/aromatic N) is 1. The third-order valence-electron chi connectivity index (χ3n) is 2.79. The second-order valence-electron chi connectivity index (χ2n) is 4.61. The lowest BCUT2D eigenvalue weighted by Gasteiger charge is -2.11. The van der Waals surface area contributed by atoms with Crippen LogP contribution in [0.4, 0.5) is 0 Å². The average molecular weight is 382 g/mol. The van der Waals surface area contributed by atoms with E-state index in [1.165, 1.54) is 0 Å². The van der Waals surface area contributed by atoms with E-state index in [0.717, 1.165) is 51.3 Å². The first-order valence-corrected chi connectivity index (χ1v) is 7.07. The summed E-state index contributed by atoms with van der Waals surface area (Å²) in [7, 11) is 0. The second kappa shape index (κ2) is 11.3. The Morgan fingerprint density at radius 3 is 2.42 bits per heavy atom. The summed E-state index contributed by atoms with van der Waals surface area (Å²) < 4.78 is 0. The third kappa shape index (κ3) is 9.07. The number of carbonyl (C=O) groups is 1. The Hall–Kier alpha value is -0.530. The van der Waals surface area contributed by atoms with E-state index in [-0.39, 0.29) is 35.8 Å². The summed E-state index contributed by atoms with van der Waals surface area (Å²) in [6.07, 6.45) is 4.37. The lowest BCUT2D eigenvalue weighted by molar-refractivity contribution is -0.122. The van der Waals surface area contributed by atoms with Crippen LogP contribution in [0.2, 0.25) is 0 Å². The van der Waals surface area contributed by atoms with Gasteiger partial charge < -0.3 is 16.0 Å². The first-order chi connectivity index (χ1) is 8.77. The lowest BCUT2D eigenvalue weighted by Crippen LogP contribution is -2.41. The number of carbonyl (C=O) groups excluding carboxylic acids is 1. The van der Waals surface area contributed by atoms with Crippen LogP contribution >= 0.6 is 24.0 Å². The molecular formula is C13H27IN4O. The normalized spacial score (nSPS) is 14.5. The fourth-order valence-electron chi connectivity index (χ4n) is 1.55. The van der Waals surface area contributed by atoms with Gasteiger partial charge in [-0.3, -0.25) is 9.79 Å². The van der Waals surface area contributed by atoms with Gasteiger partial charge in [0.2, 0.25) is 5.91 Å². The largest absolute Gasteiger partial charge is 0.357 e. The number of hydrogen-bond donors (Lipinski definition) is 3. The second-order valence-corrected chi connectivity index (χ2v) is 4.61. The fourth-order valence-corrected chi connectivity index (χ4v) is 1.55. The van der Waals surface area contributed by atoms with Gasteiger partial charge in [0, 0.05) is 32.1 Å². The van der Waals surface area contributed by atoms with Crippen molar-refractivity contribution in [3.8, 4) is 0 Å². The van der Waals surface area contributed by atoms with E-state index in [1.807, 2.05) is 6.92 Å². The quantitative estimate of drug-likeness (QED) is 0.258. The van der Waals surface area contributed by atoms with E-state index >= 15 is 0 Å². The zero-order valence-electron chi connectivity index (χ0n) is 12.0. The number of unbranched alkanes of at least 4 members (excludes halogenated alkanes) is 1. The van der Waals surface area contributed by atoms with Crippen molar-refractivity contribution >= 4 is 35.8 Å². The van der Waals surface area contributed by atoms with Gasteiger partial charge >= 0.3 is 0 Å². The number of hydrogen-bond acceptors (Lipinski definition) is 2. The van der Waals surface area contributed by atoms with Crippen molar-refractivity contribution in [3.05, 3.63) is 0 Å². The molecule has 112 valence electrons. The summed E-state index contributed by atoms with van der Waals surface area (Å²) in [6.45, 7) is 7.28. The molecule has 1 aliphatic carbocycles. The zero-order chi connectivity index (χ0) is 13.2. The topological polar surface area (TPSA) is 65.5 Å². The highest BCUT2D eigenvalue weighted by Gasteiger charge is 2.28. The number of nitrogens with one attached hydrogen (secondary N) is 3. The van der Waals surface area contributed by atoms with Gasteiger partial charge in [-0.2, -0.15) is 0 Å². The molecule has 0 bridgehead atoms. The minimum absolute atomic E-state index is 0. The van der Waals surface area contributed by atoms with Crippen LogP contribution in [-0.4, -0.2) is 38.0 Å². The molecule has 0 aliphatic heterocycles. The third-order valence-corrected chi connectivity index (χ3v) is 2.79. The molecule has 19 heavy (non-hydrogen) atoms. The monoisotopic (exact) mass is 382 g/mol. The summed E-state index contributed by atoms with van der Waals surface area (Å²) >= 11 is 0. The van der Waals surface area contributed by atoms with E-state index in [1.54, 1.807) is 0 Å². The standard InChI is InChI=1S/C13H26N4O.HI/c1-3-5-8-16-13(14-4-2)17-10-9-15-12(18)11-6-7-11;/h11H,3-10H2,1-2H3,(H,15,18)(H2,14,16,17);1H. The number of guanidine groups is 1. The Morgan fingerprint density at radius 1 is 1.16 bits per heavy atom. The number of rotatable bonds is 8. The maximum atomic E-state index is 11.4. The highest BCUT2D eigenvalue weighted by Crippen LogP contribution is 2.28. The molecule has 1 aliphatic rings. The molecule has 3 N–H and O–H groups in total. The van der Waals surface area contributed by atoms with Crippen molar-refractivity contribution in [3.63, 3.8) is 0 Å². The first kappa shape index (κ1) is 18.5. The Bertz CT molecular complexity index is 280. The van der Waals surface area contributed by atoms with E-state index in [4.69, 9.17) is 0 Å². The fraction of sp³-hybridized carbons (Fsp3) is 0.846. The first-order valence-electron chi connectivity index (χ1n) is 7.07. The van der Waals surface area contributed by atoms with Gasteiger partial charge in [-0.1, -0.05) is 13.3 Å². The predicted molar refractivity (Wildman–Crippen MR) is 90.0 cm³/mol. The van der Waals surface area contributed by atoms with Crippen molar-refractivity contribution in [2.75, 3.05) is 26.2 Å². The number of aliphatic imine (C=N–C) groups is 1. The van der Waals surface area contributed by atoms with Crippen molar-refractivity contribution in [1.82, 2.24) is 16.0 Å². The van der Waals surface area contributed by atoms with E-state index in [0.29, 0.717) is 6.54 Å². The number of amides is 1. The van der Waals surface area contributed by atoms with Gasteiger partial charge in [0.15, 0.2) is 5.96 Å². The van der Waals surface area contributed by atoms with E-state index in [2.05, 4.69) is 27.9 Å². The molecule has 0 saturated heterocycles. The molecule has 1 fully saturated rings. The molecule has 1 saturated carbocycles. The van der Waals surface area contributed by atoms with Crippen molar-refractivity contribution in [2.24, 2.45) is 10.9 Å². The van der Waals surface area contributed by atoms with Crippen LogP contribution in [0, 0.1) is 5.92 Å². The Labute approximate surface area is 133 Å². The Balaban J connectivity index is 0.00000324. The maximum absolute atomic E-state index is 11.4. The van der Waals surface area contributed by atoms with Crippen LogP contribution in [0.1, 0.15) is 39.5 Å². The molecule has 0 heterocycles. The molecule has 0 aromatic rings. The molecule has 0 atom stereocenters. The molecule has 0 spiro atoms. The molecule has 0 unspecified atom stereocenters. The van der Waals surface area contributed by atoms with E-state index < -0.39 is 0 Å². The van der Waals surface area contributed by atoms with Gasteiger partial charge in [0.25, 0.3) is 0 Å².